The molecule has 0 bridgehead atoms. The summed E-state index contributed by atoms with van der Waals surface area (Å²) in [6, 6.07) is 16.8. The van der Waals surface area contributed by atoms with Crippen molar-refractivity contribution in [3.63, 3.8) is 0 Å². The Kier molecular flexibility index (Phi) is 4.10. The molecule has 6 nitrogen and oxygen atoms in total. The van der Waals surface area contributed by atoms with Gasteiger partial charge in [-0.15, -0.1) is 0 Å². The molecule has 0 saturated heterocycles. The monoisotopic (exact) mass is 401 g/mol. The van der Waals surface area contributed by atoms with Gasteiger partial charge in [-0.05, 0) is 30.7 Å². The normalized spacial score (nSPS) is 16.4. The summed E-state index contributed by atoms with van der Waals surface area (Å²) in [6.45, 7) is 1.93. The van der Waals surface area contributed by atoms with Crippen molar-refractivity contribution >= 4 is 28.4 Å². The van der Waals surface area contributed by atoms with Gasteiger partial charge in [0.1, 0.15) is 11.9 Å². The Hall–Kier alpha value is -3.58. The largest absolute Gasteiger partial charge is 0.485 e. The van der Waals surface area contributed by atoms with Crippen LogP contribution in [0.2, 0.25) is 0 Å². The summed E-state index contributed by atoms with van der Waals surface area (Å²) >= 11 is 1.14. The van der Waals surface area contributed by atoms with E-state index in [0.717, 1.165) is 28.2 Å². The van der Waals surface area contributed by atoms with E-state index in [1.54, 1.807) is 18.2 Å². The second kappa shape index (κ2) is 6.79. The smallest absolute Gasteiger partial charge is 0.300 e. The number of ether oxygens (including phenoxy) is 1. The molecule has 2 aromatic heterocycles. The van der Waals surface area contributed by atoms with Crippen LogP contribution in [0.3, 0.4) is 0 Å². The van der Waals surface area contributed by atoms with Crippen molar-refractivity contribution in [1.29, 1.82) is 0 Å². The summed E-state index contributed by atoms with van der Waals surface area (Å²) in [6.07, 6.45) is 3.60. The van der Waals surface area contributed by atoms with E-state index in [9.17, 15) is 9.59 Å². The van der Waals surface area contributed by atoms with E-state index >= 15 is 0 Å². The van der Waals surface area contributed by atoms with Crippen LogP contribution in [0.1, 0.15) is 12.5 Å². The second-order valence-electron chi connectivity index (χ2n) is 6.68. The first-order valence-corrected chi connectivity index (χ1v) is 9.90. The van der Waals surface area contributed by atoms with Gasteiger partial charge in [-0.25, -0.2) is 0 Å². The van der Waals surface area contributed by atoms with Crippen LogP contribution in [0.4, 0.5) is 0 Å². The Morgan fingerprint density at radius 3 is 2.66 bits per heavy atom. The van der Waals surface area contributed by atoms with Crippen LogP contribution < -0.4 is 20.4 Å². The highest BCUT2D eigenvalue weighted by molar-refractivity contribution is 7.15. The number of thiazole rings is 1. The van der Waals surface area contributed by atoms with Gasteiger partial charge in [0.25, 0.3) is 5.56 Å². The molecule has 2 aromatic carbocycles. The van der Waals surface area contributed by atoms with Crippen LogP contribution in [0, 0.1) is 0 Å². The summed E-state index contributed by atoms with van der Waals surface area (Å²) in [5.74, 6) is 0.817. The minimum atomic E-state index is -0.452. The molecule has 0 spiro atoms. The molecular formula is C22H15N3O3S. The molecule has 0 saturated carbocycles. The fraction of sp³-hybridized carbons (Fsp3) is 0.0909. The van der Waals surface area contributed by atoms with Gasteiger partial charge in [-0.2, -0.15) is 14.6 Å². The van der Waals surface area contributed by atoms with Crippen LogP contribution in [0.5, 0.6) is 5.75 Å². The summed E-state index contributed by atoms with van der Waals surface area (Å²) in [5, 5.41) is 4.28. The van der Waals surface area contributed by atoms with E-state index < -0.39 is 5.56 Å². The molecule has 0 N–H and O–H groups in total. The fourth-order valence-electron chi connectivity index (χ4n) is 3.26. The third-order valence-electron chi connectivity index (χ3n) is 4.74. The maximum Gasteiger partial charge on any atom is 0.300 e. The number of rotatable bonds is 2. The average Bonchev–Trinajstić information content (AvgIpc) is 3.03. The molecule has 4 aromatic rings. The van der Waals surface area contributed by atoms with Crippen molar-refractivity contribution in [3.05, 3.63) is 91.0 Å². The van der Waals surface area contributed by atoms with Crippen LogP contribution in [0.15, 0.2) is 69.8 Å². The van der Waals surface area contributed by atoms with Gasteiger partial charge in [-0.3, -0.25) is 9.59 Å². The van der Waals surface area contributed by atoms with Crippen LogP contribution >= 0.6 is 11.3 Å². The zero-order chi connectivity index (χ0) is 20.0. The van der Waals surface area contributed by atoms with Gasteiger partial charge in [-0.1, -0.05) is 59.9 Å². The van der Waals surface area contributed by atoms with E-state index in [4.69, 9.17) is 4.74 Å². The highest BCUT2D eigenvalue weighted by Gasteiger charge is 2.18. The molecule has 0 fully saturated rings. The molecule has 3 heterocycles. The Bertz CT molecular complexity index is 1440. The molecule has 7 heteroatoms. The van der Waals surface area contributed by atoms with Crippen molar-refractivity contribution < 1.29 is 4.74 Å². The van der Waals surface area contributed by atoms with Gasteiger partial charge in [0, 0.05) is 11.1 Å². The topological polar surface area (TPSA) is 73.6 Å². The van der Waals surface area contributed by atoms with Crippen molar-refractivity contribution in [1.82, 2.24) is 14.6 Å². The zero-order valence-corrected chi connectivity index (χ0v) is 16.2. The lowest BCUT2D eigenvalue weighted by Crippen LogP contribution is -2.28. The minimum absolute atomic E-state index is 0.159. The van der Waals surface area contributed by atoms with Gasteiger partial charge < -0.3 is 4.74 Å². The number of hydrogen-bond donors (Lipinski definition) is 0. The van der Waals surface area contributed by atoms with Crippen molar-refractivity contribution in [2.24, 2.45) is 0 Å². The first-order valence-electron chi connectivity index (χ1n) is 9.08. The van der Waals surface area contributed by atoms with Crippen molar-refractivity contribution in [3.8, 4) is 17.0 Å². The quantitative estimate of drug-likeness (QED) is 0.516. The first kappa shape index (κ1) is 17.5. The lowest BCUT2D eigenvalue weighted by Gasteiger charge is -2.22. The second-order valence-corrected chi connectivity index (χ2v) is 7.69. The summed E-state index contributed by atoms with van der Waals surface area (Å²) in [5.41, 5.74) is 1.87. The Morgan fingerprint density at radius 2 is 1.83 bits per heavy atom. The molecule has 29 heavy (non-hydrogen) atoms. The zero-order valence-electron chi connectivity index (χ0n) is 15.4. The SMILES string of the molecule is C[C@@H]1Oc2ccccc2C=C1C=c1sc2nc(=O)c(-c3ccccc3)nn2c1=O. The first-order chi connectivity index (χ1) is 14.1. The molecule has 142 valence electrons. The van der Waals surface area contributed by atoms with E-state index in [-0.39, 0.29) is 22.3 Å². The highest BCUT2D eigenvalue weighted by Crippen LogP contribution is 2.29. The molecular weight excluding hydrogens is 386 g/mol. The average molecular weight is 401 g/mol. The van der Waals surface area contributed by atoms with Crippen LogP contribution in [0.25, 0.3) is 28.4 Å². The molecule has 1 aliphatic rings. The lowest BCUT2D eigenvalue weighted by molar-refractivity contribution is 0.259. The molecule has 5 rings (SSSR count). The Labute approximate surface area is 169 Å². The third kappa shape index (κ3) is 3.05. The van der Waals surface area contributed by atoms with E-state index in [1.165, 1.54) is 4.52 Å². The fourth-order valence-corrected chi connectivity index (χ4v) is 4.16. The van der Waals surface area contributed by atoms with E-state index in [2.05, 4.69) is 10.1 Å². The molecule has 0 unspecified atom stereocenters. The predicted molar refractivity (Wildman–Crippen MR) is 113 cm³/mol. The van der Waals surface area contributed by atoms with Gasteiger partial charge in [0.2, 0.25) is 4.96 Å². The van der Waals surface area contributed by atoms with Crippen LogP contribution in [-0.2, 0) is 0 Å². The summed E-state index contributed by atoms with van der Waals surface area (Å²) < 4.78 is 7.59. The maximum absolute atomic E-state index is 12.9. The number of para-hydroxylation sites is 1. The van der Waals surface area contributed by atoms with Crippen molar-refractivity contribution in [2.45, 2.75) is 13.0 Å². The highest BCUT2D eigenvalue weighted by atomic mass is 32.1. The Balaban J connectivity index is 1.67. The molecule has 0 aliphatic carbocycles. The lowest BCUT2D eigenvalue weighted by atomic mass is 10.0. The molecule has 1 atom stereocenters. The van der Waals surface area contributed by atoms with E-state index in [1.807, 2.05) is 55.5 Å². The third-order valence-corrected chi connectivity index (χ3v) is 5.70. The minimum Gasteiger partial charge on any atom is -0.485 e. The Morgan fingerprint density at radius 1 is 1.07 bits per heavy atom. The number of fused-ring (bicyclic) bond motifs is 2. The molecule has 1 aliphatic heterocycles. The van der Waals surface area contributed by atoms with Gasteiger partial charge in [0.15, 0.2) is 5.69 Å². The van der Waals surface area contributed by atoms with Gasteiger partial charge in [0.05, 0.1) is 4.53 Å². The van der Waals surface area contributed by atoms with Crippen molar-refractivity contribution in [2.75, 3.05) is 0 Å². The standard InChI is InChI=1S/C22H15N3O3S/c1-13-16(11-15-9-5-6-10-17(15)28-13)12-18-21(27)25-22(29-18)23-20(26)19(24-25)14-7-3-2-4-8-14/h2-13H,1H3/t13-/m0/s1. The number of benzene rings is 2. The molecule has 0 amide bonds. The maximum atomic E-state index is 12.9. The number of nitrogens with zero attached hydrogens (tertiary/aromatic N) is 3. The summed E-state index contributed by atoms with van der Waals surface area (Å²) in [4.78, 5) is 29.7. The summed E-state index contributed by atoms with van der Waals surface area (Å²) in [7, 11) is 0. The molecule has 0 radical (unpaired) electrons. The number of aromatic nitrogens is 3. The predicted octanol–water partition coefficient (Wildman–Crippen LogP) is 2.54. The van der Waals surface area contributed by atoms with Gasteiger partial charge >= 0.3 is 5.56 Å². The van der Waals surface area contributed by atoms with E-state index in [0.29, 0.717) is 10.1 Å². The van der Waals surface area contributed by atoms with Crippen LogP contribution in [-0.4, -0.2) is 20.7 Å². The number of hydrogen-bond acceptors (Lipinski definition) is 6.